The zero-order valence-corrected chi connectivity index (χ0v) is 8.73. The molecular formula is C12H13N2O. The topological polar surface area (TPSA) is 44.6 Å². The molecule has 1 aromatic rings. The number of hydrogen-bond acceptors (Lipinski definition) is 2. The molecule has 1 saturated carbocycles. The zero-order valence-electron chi connectivity index (χ0n) is 8.73. The first-order valence-electron chi connectivity index (χ1n) is 5.32. The summed E-state index contributed by atoms with van der Waals surface area (Å²) in [6.45, 7) is 1.88. The van der Waals surface area contributed by atoms with Gasteiger partial charge in [-0.15, -0.1) is 0 Å². The molecule has 3 nitrogen and oxygen atoms in total. The molecule has 0 atom stereocenters. The Balaban J connectivity index is 2.22. The van der Waals surface area contributed by atoms with E-state index in [1.54, 1.807) is 0 Å². The van der Waals surface area contributed by atoms with Crippen molar-refractivity contribution in [1.29, 1.82) is 0 Å². The quantitative estimate of drug-likeness (QED) is 0.681. The summed E-state index contributed by atoms with van der Waals surface area (Å²) in [6.07, 6.45) is 2.13. The van der Waals surface area contributed by atoms with Crippen LogP contribution in [-0.2, 0) is 5.11 Å². The Morgan fingerprint density at radius 2 is 1.73 bits per heavy atom. The zero-order chi connectivity index (χ0) is 10.5. The highest BCUT2D eigenvalue weighted by Crippen LogP contribution is 2.56. The van der Waals surface area contributed by atoms with Crippen LogP contribution in [0.15, 0.2) is 34.3 Å². The molecule has 2 aliphatic rings. The molecule has 0 spiro atoms. The number of nitrogens with zero attached hydrogens (tertiary/aromatic N) is 2. The van der Waals surface area contributed by atoms with Crippen LogP contribution in [0.2, 0.25) is 0 Å². The molecule has 1 aliphatic carbocycles. The molecule has 1 radical (unpaired) electrons. The van der Waals surface area contributed by atoms with E-state index in [0.717, 1.165) is 23.6 Å². The van der Waals surface area contributed by atoms with E-state index in [2.05, 4.69) is 16.9 Å². The minimum Gasteiger partial charge on any atom is -0.250 e. The van der Waals surface area contributed by atoms with Gasteiger partial charge in [0.15, 0.2) is 5.66 Å². The van der Waals surface area contributed by atoms with Gasteiger partial charge in [0.05, 0.1) is 10.7 Å². The minimum absolute atomic E-state index is 0.00771. The Morgan fingerprint density at radius 3 is 2.13 bits per heavy atom. The lowest BCUT2D eigenvalue weighted by Crippen LogP contribution is -2.37. The summed E-state index contributed by atoms with van der Waals surface area (Å²) >= 11 is 0. The predicted molar refractivity (Wildman–Crippen MR) is 54.4 cm³/mol. The average Bonchev–Trinajstić information content (AvgIpc) is 2.89. The molecular weight excluding hydrogens is 188 g/mol. The normalized spacial score (nSPS) is 23.9. The van der Waals surface area contributed by atoms with Crippen molar-refractivity contribution < 1.29 is 5.11 Å². The molecule has 0 unspecified atom stereocenters. The monoisotopic (exact) mass is 201 g/mol. The molecule has 3 rings (SSSR count). The summed E-state index contributed by atoms with van der Waals surface area (Å²) in [5.41, 5.74) is -0.704. The van der Waals surface area contributed by atoms with E-state index in [-0.39, 0.29) is 12.0 Å². The van der Waals surface area contributed by atoms with Gasteiger partial charge in [-0.3, -0.25) is 9.98 Å². The fraction of sp³-hybridized carbons (Fsp3) is 0.500. The van der Waals surface area contributed by atoms with E-state index in [1.807, 2.05) is 24.3 Å². The van der Waals surface area contributed by atoms with Gasteiger partial charge >= 0.3 is 0 Å². The van der Waals surface area contributed by atoms with Crippen molar-refractivity contribution in [2.45, 2.75) is 25.4 Å². The van der Waals surface area contributed by atoms with Crippen molar-refractivity contribution in [3.8, 4) is 0 Å². The third-order valence-electron chi connectivity index (χ3n) is 3.66. The Morgan fingerprint density at radius 1 is 1.20 bits per heavy atom. The largest absolute Gasteiger partial charge is 0.250 e. The van der Waals surface area contributed by atoms with Gasteiger partial charge < -0.3 is 0 Å². The molecule has 1 aliphatic heterocycles. The van der Waals surface area contributed by atoms with Crippen LogP contribution in [0.5, 0.6) is 0 Å². The molecule has 0 N–H and O–H groups in total. The molecule has 1 aromatic carbocycles. The van der Waals surface area contributed by atoms with E-state index in [9.17, 15) is 5.11 Å². The fourth-order valence-electron chi connectivity index (χ4n) is 2.17. The maximum atomic E-state index is 11.4. The lowest BCUT2D eigenvalue weighted by atomic mass is 9.93. The van der Waals surface area contributed by atoms with Crippen LogP contribution >= 0.6 is 0 Å². The second kappa shape index (κ2) is 2.67. The van der Waals surface area contributed by atoms with E-state index >= 15 is 0 Å². The Labute approximate surface area is 88.2 Å². The average molecular weight is 201 g/mol. The molecule has 0 amide bonds. The predicted octanol–water partition coefficient (Wildman–Crippen LogP) is 0.866. The standard InChI is InChI=1S/C12H13N2O/c1-11(6-7-11)12(8-15)13-9-4-2-3-5-10(9)14-12/h2-5H,6-8H2,1H3. The van der Waals surface area contributed by atoms with Crippen LogP contribution in [0.25, 0.3) is 0 Å². The van der Waals surface area contributed by atoms with Gasteiger partial charge in [0.1, 0.15) is 6.61 Å². The van der Waals surface area contributed by atoms with Crippen molar-refractivity contribution in [2.75, 3.05) is 6.61 Å². The van der Waals surface area contributed by atoms with Crippen LogP contribution in [0.3, 0.4) is 0 Å². The van der Waals surface area contributed by atoms with Gasteiger partial charge in [-0.1, -0.05) is 19.1 Å². The van der Waals surface area contributed by atoms with E-state index in [0.29, 0.717) is 0 Å². The Kier molecular flexibility index (Phi) is 1.61. The van der Waals surface area contributed by atoms with Crippen LogP contribution < -0.4 is 10.7 Å². The molecule has 0 bridgehead atoms. The SMILES string of the molecule is CC1(C2(C[O])N=c3ccccc3=N2)CC1. The summed E-state index contributed by atoms with van der Waals surface area (Å²) in [7, 11) is 0. The summed E-state index contributed by atoms with van der Waals surface area (Å²) in [5.74, 6) is 0. The Hall–Kier alpha value is -1.22. The van der Waals surface area contributed by atoms with Gasteiger partial charge in [-0.2, -0.15) is 0 Å². The molecule has 15 heavy (non-hydrogen) atoms. The number of para-hydroxylation sites is 2. The third kappa shape index (κ3) is 1.10. The highest BCUT2D eigenvalue weighted by atomic mass is 16.3. The second-order valence-electron chi connectivity index (χ2n) is 4.73. The van der Waals surface area contributed by atoms with Crippen LogP contribution in [0.1, 0.15) is 19.8 Å². The lowest BCUT2D eigenvalue weighted by molar-refractivity contribution is 0.0864. The van der Waals surface area contributed by atoms with Crippen LogP contribution in [0, 0.1) is 5.41 Å². The molecule has 0 aromatic heterocycles. The fourth-order valence-corrected chi connectivity index (χ4v) is 2.17. The van der Waals surface area contributed by atoms with Gasteiger partial charge in [-0.05, 0) is 25.0 Å². The molecule has 0 saturated heterocycles. The highest BCUT2D eigenvalue weighted by Gasteiger charge is 2.57. The van der Waals surface area contributed by atoms with Crippen molar-refractivity contribution in [3.05, 3.63) is 35.0 Å². The van der Waals surface area contributed by atoms with Crippen LogP contribution in [0.4, 0.5) is 0 Å². The van der Waals surface area contributed by atoms with E-state index in [1.165, 1.54) is 0 Å². The first-order valence-corrected chi connectivity index (χ1v) is 5.32. The van der Waals surface area contributed by atoms with Gasteiger partial charge in [0.25, 0.3) is 0 Å². The van der Waals surface area contributed by atoms with Crippen molar-refractivity contribution in [1.82, 2.24) is 0 Å². The molecule has 1 heterocycles. The van der Waals surface area contributed by atoms with Gasteiger partial charge in [0, 0.05) is 5.41 Å². The molecule has 3 heteroatoms. The first kappa shape index (κ1) is 9.04. The molecule has 1 fully saturated rings. The highest BCUT2D eigenvalue weighted by molar-refractivity contribution is 5.16. The minimum atomic E-state index is -0.712. The smallest absolute Gasteiger partial charge is 0.183 e. The summed E-state index contributed by atoms with van der Waals surface area (Å²) < 4.78 is 0. The maximum absolute atomic E-state index is 11.4. The van der Waals surface area contributed by atoms with Gasteiger partial charge in [-0.25, -0.2) is 5.11 Å². The number of benzene rings is 1. The summed E-state index contributed by atoms with van der Waals surface area (Å²) in [4.78, 5) is 9.11. The summed E-state index contributed by atoms with van der Waals surface area (Å²) in [5, 5.41) is 13.2. The third-order valence-corrected chi connectivity index (χ3v) is 3.66. The van der Waals surface area contributed by atoms with E-state index < -0.39 is 5.66 Å². The van der Waals surface area contributed by atoms with Gasteiger partial charge in [0.2, 0.25) is 0 Å². The maximum Gasteiger partial charge on any atom is 0.183 e. The molecule has 77 valence electrons. The van der Waals surface area contributed by atoms with Crippen LogP contribution in [-0.4, -0.2) is 12.3 Å². The van der Waals surface area contributed by atoms with E-state index in [4.69, 9.17) is 0 Å². The lowest BCUT2D eigenvalue weighted by Gasteiger charge is -2.26. The van der Waals surface area contributed by atoms with Crippen molar-refractivity contribution >= 4 is 0 Å². The Bertz CT molecular complexity index is 482. The first-order chi connectivity index (χ1) is 7.19. The number of rotatable bonds is 2. The number of hydrogen-bond donors (Lipinski definition) is 0. The van der Waals surface area contributed by atoms with Crippen molar-refractivity contribution in [3.63, 3.8) is 0 Å². The number of fused-ring (bicyclic) bond motifs is 1. The van der Waals surface area contributed by atoms with Crippen molar-refractivity contribution in [2.24, 2.45) is 15.4 Å². The summed E-state index contributed by atoms with van der Waals surface area (Å²) in [6, 6.07) is 7.74. The second-order valence-corrected chi connectivity index (χ2v) is 4.73.